The summed E-state index contributed by atoms with van der Waals surface area (Å²) in [6, 6.07) is 0. The highest BCUT2D eigenvalue weighted by Crippen LogP contribution is 2.43. The lowest BCUT2D eigenvalue weighted by Crippen LogP contribution is -2.29. The Balaban J connectivity index is 2.39. The van der Waals surface area contributed by atoms with E-state index < -0.39 is 69.2 Å². The number of hydrogen-bond donors (Lipinski definition) is 5. The first kappa shape index (κ1) is 55.1. The van der Waals surface area contributed by atoms with Crippen LogP contribution in [0.25, 0.3) is 0 Å². The van der Waals surface area contributed by atoms with Crippen molar-refractivity contribution in [3.05, 3.63) is 24.3 Å². The second-order valence-electron chi connectivity index (χ2n) is 16.2. The van der Waals surface area contributed by atoms with Crippen molar-refractivity contribution in [3.63, 3.8) is 0 Å². The zero-order chi connectivity index (χ0) is 43.6. The lowest BCUT2D eigenvalue weighted by Gasteiger charge is -2.20. The molecule has 1 aliphatic carbocycles. The summed E-state index contributed by atoms with van der Waals surface area (Å²) in [5, 5.41) is 31.3. The Hall–Kier alpha value is -1.96. The highest BCUT2D eigenvalue weighted by molar-refractivity contribution is 7.47. The second-order valence-corrected chi connectivity index (χ2v) is 17.7. The summed E-state index contributed by atoms with van der Waals surface area (Å²) in [6.45, 7) is 3.19. The van der Waals surface area contributed by atoms with E-state index in [-0.39, 0.29) is 51.0 Å². The van der Waals surface area contributed by atoms with Crippen LogP contribution in [-0.2, 0) is 37.5 Å². The number of aliphatic hydroxyl groups excluding tert-OH is 3. The molecule has 14 heteroatoms. The third-order valence-electron chi connectivity index (χ3n) is 10.8. The van der Waals surface area contributed by atoms with Crippen LogP contribution < -0.4 is 5.73 Å². The average Bonchev–Trinajstić information content (AvgIpc) is 3.47. The molecular weight excluding hydrogens is 777 g/mol. The lowest BCUT2D eigenvalue weighted by atomic mass is 9.87. The van der Waals surface area contributed by atoms with Gasteiger partial charge in [-0.15, -0.1) is 0 Å². The monoisotopic (exact) mass is 860 g/mol. The Bertz CT molecular complexity index is 1200. The SMILES string of the molecule is CCCCCCCC/C=C\CCCCCCCCCC(=O)O[C@H](COC(=O)CCCCC(=O)C[C@@H]1[C@@H](/C=C/[C@@H](O)CCCCC)[C@H](O)C[C@@H]1O)COP(=O)(O)OCCN. The van der Waals surface area contributed by atoms with Gasteiger partial charge in [0.25, 0.3) is 0 Å². The molecule has 0 radical (unpaired) electrons. The third-order valence-corrected chi connectivity index (χ3v) is 11.8. The van der Waals surface area contributed by atoms with Gasteiger partial charge in [0.2, 0.25) is 0 Å². The number of ketones is 1. The molecule has 0 spiro atoms. The van der Waals surface area contributed by atoms with Crippen LogP contribution in [-0.4, -0.2) is 88.7 Å². The zero-order valence-electron chi connectivity index (χ0n) is 36.6. The van der Waals surface area contributed by atoms with Crippen LogP contribution in [0.5, 0.6) is 0 Å². The fourth-order valence-corrected chi connectivity index (χ4v) is 8.04. The minimum atomic E-state index is -4.47. The molecule has 0 saturated heterocycles. The number of carbonyl (C=O) groups excluding carboxylic acids is 3. The summed E-state index contributed by atoms with van der Waals surface area (Å²) in [6.07, 6.45) is 26.9. The predicted molar refractivity (Wildman–Crippen MR) is 231 cm³/mol. The molecule has 1 rings (SSSR count). The van der Waals surface area contributed by atoms with Crippen LogP contribution in [0.3, 0.4) is 0 Å². The molecule has 1 unspecified atom stereocenters. The van der Waals surface area contributed by atoms with Gasteiger partial charge in [-0.3, -0.25) is 23.4 Å². The fraction of sp³-hybridized carbons (Fsp3) is 0.844. The van der Waals surface area contributed by atoms with Crippen LogP contribution in [0.1, 0.15) is 181 Å². The number of allylic oxidation sites excluding steroid dienone is 2. The number of carbonyl (C=O) groups is 3. The molecule has 0 aromatic carbocycles. The van der Waals surface area contributed by atoms with Crippen LogP contribution in [0.2, 0.25) is 0 Å². The molecule has 1 saturated carbocycles. The van der Waals surface area contributed by atoms with Crippen LogP contribution >= 0.6 is 7.82 Å². The van der Waals surface area contributed by atoms with Gasteiger partial charge in [-0.05, 0) is 51.4 Å². The molecule has 0 aromatic rings. The first-order chi connectivity index (χ1) is 28.4. The second kappa shape index (κ2) is 35.6. The normalized spacial score (nSPS) is 20.3. The van der Waals surface area contributed by atoms with Crippen molar-refractivity contribution < 1.29 is 57.7 Å². The van der Waals surface area contributed by atoms with E-state index in [2.05, 4.69) is 26.0 Å². The Morgan fingerprint density at radius 3 is 1.93 bits per heavy atom. The minimum absolute atomic E-state index is 0.0000214. The van der Waals surface area contributed by atoms with Gasteiger partial charge in [-0.2, -0.15) is 0 Å². The van der Waals surface area contributed by atoms with E-state index in [1.165, 1.54) is 57.8 Å². The van der Waals surface area contributed by atoms with Gasteiger partial charge < -0.3 is 35.4 Å². The lowest BCUT2D eigenvalue weighted by molar-refractivity contribution is -0.161. The Labute approximate surface area is 355 Å². The van der Waals surface area contributed by atoms with Gasteiger partial charge in [-0.25, -0.2) is 4.57 Å². The van der Waals surface area contributed by atoms with E-state index in [4.69, 9.17) is 24.3 Å². The molecule has 0 aromatic heterocycles. The topological polar surface area (TPSA) is 212 Å². The number of phosphoric acid groups is 1. The number of hydrogen-bond acceptors (Lipinski definition) is 12. The van der Waals surface area contributed by atoms with Crippen molar-refractivity contribution in [2.24, 2.45) is 17.6 Å². The van der Waals surface area contributed by atoms with E-state index >= 15 is 0 Å². The first-order valence-corrected chi connectivity index (χ1v) is 24.5. The van der Waals surface area contributed by atoms with Crippen molar-refractivity contribution in [1.29, 1.82) is 0 Å². The summed E-state index contributed by atoms with van der Waals surface area (Å²) in [5.41, 5.74) is 5.34. The van der Waals surface area contributed by atoms with E-state index in [0.29, 0.717) is 25.7 Å². The Morgan fingerprint density at radius 2 is 1.29 bits per heavy atom. The molecule has 6 N–H and O–H groups in total. The van der Waals surface area contributed by atoms with Crippen molar-refractivity contribution in [3.8, 4) is 0 Å². The van der Waals surface area contributed by atoms with Crippen molar-refractivity contribution in [2.75, 3.05) is 26.4 Å². The molecule has 0 bridgehead atoms. The van der Waals surface area contributed by atoms with E-state index in [0.717, 1.165) is 51.4 Å². The number of esters is 2. The van der Waals surface area contributed by atoms with Gasteiger partial charge >= 0.3 is 19.8 Å². The maximum absolute atomic E-state index is 12.8. The standard InChI is InChI=1S/C45H82NO12P/c1-3-5-7-8-9-10-11-12-13-14-15-16-17-18-19-20-22-28-45(52)58-39(36-57-59(53,54)56-32-31-46)35-55-44(51)27-24-23-26-38(48)33-41-40(42(49)34-43(41)50)30-29-37(47)25-21-6-4-2/h12-13,29-30,37,39-43,47,49-50H,3-11,14-28,31-36,46H2,1-2H3,(H,53,54)/b13-12-,30-29+/t37-,39+,40+,41+,42+,43-/m0/s1. The third kappa shape index (κ3) is 29.9. The molecule has 1 aliphatic rings. The molecule has 13 nitrogen and oxygen atoms in total. The Kier molecular flexibility index (Phi) is 33.2. The summed E-state index contributed by atoms with van der Waals surface area (Å²) in [7, 11) is -4.47. The summed E-state index contributed by atoms with van der Waals surface area (Å²) in [4.78, 5) is 47.9. The van der Waals surface area contributed by atoms with Crippen LogP contribution in [0, 0.1) is 11.8 Å². The molecule has 0 amide bonds. The Morgan fingerprint density at radius 1 is 0.729 bits per heavy atom. The number of unbranched alkanes of at least 4 members (excludes halogenated alkanes) is 16. The van der Waals surface area contributed by atoms with Gasteiger partial charge in [0.1, 0.15) is 12.4 Å². The highest BCUT2D eigenvalue weighted by atomic mass is 31.2. The van der Waals surface area contributed by atoms with Crippen molar-refractivity contribution in [2.45, 2.75) is 205 Å². The zero-order valence-corrected chi connectivity index (χ0v) is 37.5. The number of rotatable bonds is 39. The number of aliphatic hydroxyl groups is 3. The van der Waals surface area contributed by atoms with E-state index in [1.807, 2.05) is 0 Å². The molecule has 0 aliphatic heterocycles. The first-order valence-electron chi connectivity index (χ1n) is 23.0. The maximum Gasteiger partial charge on any atom is 0.472 e. The highest BCUT2D eigenvalue weighted by Gasteiger charge is 2.41. The number of ether oxygens (including phenoxy) is 2. The van der Waals surface area contributed by atoms with Gasteiger partial charge in [0.05, 0.1) is 31.5 Å². The fourth-order valence-electron chi connectivity index (χ4n) is 7.27. The molecular formula is C45H82NO12P. The minimum Gasteiger partial charge on any atom is -0.462 e. The largest absolute Gasteiger partial charge is 0.472 e. The smallest absolute Gasteiger partial charge is 0.462 e. The van der Waals surface area contributed by atoms with Gasteiger partial charge in [0, 0.05) is 50.5 Å². The van der Waals surface area contributed by atoms with Crippen molar-refractivity contribution >= 4 is 25.5 Å². The molecule has 59 heavy (non-hydrogen) atoms. The van der Waals surface area contributed by atoms with E-state index in [1.54, 1.807) is 12.2 Å². The van der Waals surface area contributed by atoms with Gasteiger partial charge in [0.15, 0.2) is 6.10 Å². The van der Waals surface area contributed by atoms with Crippen LogP contribution in [0.4, 0.5) is 0 Å². The molecule has 7 atom stereocenters. The molecule has 0 heterocycles. The molecule has 344 valence electrons. The van der Waals surface area contributed by atoms with Crippen molar-refractivity contribution in [1.82, 2.24) is 0 Å². The van der Waals surface area contributed by atoms with Gasteiger partial charge in [-0.1, -0.05) is 122 Å². The number of Topliss-reactive ketones (excluding diaryl/α,β-unsaturated/α-hetero) is 1. The number of phosphoric ester groups is 1. The molecule has 1 fully saturated rings. The summed E-state index contributed by atoms with van der Waals surface area (Å²) >= 11 is 0. The summed E-state index contributed by atoms with van der Waals surface area (Å²) < 4.78 is 32.7. The van der Waals surface area contributed by atoms with E-state index in [9.17, 15) is 39.2 Å². The maximum atomic E-state index is 12.8. The predicted octanol–water partition coefficient (Wildman–Crippen LogP) is 8.73. The number of nitrogens with two attached hydrogens (primary N) is 1. The quantitative estimate of drug-likeness (QED) is 0.0170. The van der Waals surface area contributed by atoms with Crippen LogP contribution in [0.15, 0.2) is 24.3 Å². The average molecular weight is 860 g/mol. The summed E-state index contributed by atoms with van der Waals surface area (Å²) in [5.74, 6) is -2.10.